The summed E-state index contributed by atoms with van der Waals surface area (Å²) in [6.07, 6.45) is 6.66. The van der Waals surface area contributed by atoms with Gasteiger partial charge >= 0.3 is 5.97 Å². The Balaban J connectivity index is 1.76. The Kier molecular flexibility index (Phi) is 8.77. The van der Waals surface area contributed by atoms with Gasteiger partial charge in [-0.3, -0.25) is 9.59 Å². The zero-order chi connectivity index (χ0) is 24.5. The number of carboxylic acid groups (broad SMARTS) is 1. The number of carbonyl (C=O) groups excluding carboxylic acids is 2. The van der Waals surface area contributed by atoms with Gasteiger partial charge in [-0.05, 0) is 37.4 Å². The summed E-state index contributed by atoms with van der Waals surface area (Å²) in [5.41, 5.74) is 13.9. The molecule has 2 heterocycles. The van der Waals surface area contributed by atoms with Crippen LogP contribution in [0.3, 0.4) is 0 Å². The summed E-state index contributed by atoms with van der Waals surface area (Å²) in [6, 6.07) is 4.57. The van der Waals surface area contributed by atoms with Gasteiger partial charge in [0.1, 0.15) is 12.1 Å². The zero-order valence-electron chi connectivity index (χ0n) is 18.8. The van der Waals surface area contributed by atoms with Crippen LogP contribution in [0.4, 0.5) is 0 Å². The molecular weight excluding hydrogens is 438 g/mol. The molecule has 0 bridgehead atoms. The lowest BCUT2D eigenvalue weighted by Gasteiger charge is -2.23. The van der Waals surface area contributed by atoms with Gasteiger partial charge < -0.3 is 37.2 Å². The first-order valence-electron chi connectivity index (χ1n) is 11.2. The number of carbonyl (C=O) groups is 3. The maximum absolute atomic E-state index is 13.1. The van der Waals surface area contributed by atoms with E-state index in [2.05, 4.69) is 25.6 Å². The van der Waals surface area contributed by atoms with Crippen LogP contribution in [0.15, 0.2) is 43.0 Å². The van der Waals surface area contributed by atoms with Crippen molar-refractivity contribution in [2.75, 3.05) is 6.54 Å². The summed E-state index contributed by atoms with van der Waals surface area (Å²) in [5.74, 6) is -2.25. The first kappa shape index (κ1) is 24.9. The third kappa shape index (κ3) is 6.65. The summed E-state index contributed by atoms with van der Waals surface area (Å²) in [5, 5.41) is 15.7. The van der Waals surface area contributed by atoms with Crippen LogP contribution in [-0.2, 0) is 27.2 Å². The first-order chi connectivity index (χ1) is 16.4. The molecule has 0 fully saturated rings. The second-order valence-electron chi connectivity index (χ2n) is 8.20. The van der Waals surface area contributed by atoms with Crippen molar-refractivity contribution in [3.63, 3.8) is 0 Å². The molecule has 3 rings (SSSR count). The fourth-order valence-corrected chi connectivity index (χ4v) is 3.76. The van der Waals surface area contributed by atoms with Gasteiger partial charge in [-0.2, -0.15) is 0 Å². The summed E-state index contributed by atoms with van der Waals surface area (Å²) >= 11 is 0. The molecule has 2 amide bonds. The number of nitrogens with zero attached hydrogens (tertiary/aromatic N) is 1. The fourth-order valence-electron chi connectivity index (χ4n) is 3.76. The van der Waals surface area contributed by atoms with Crippen LogP contribution in [0.2, 0.25) is 0 Å². The van der Waals surface area contributed by atoms with E-state index in [9.17, 15) is 19.5 Å². The largest absolute Gasteiger partial charge is 0.480 e. The highest BCUT2D eigenvalue weighted by Crippen LogP contribution is 2.19. The van der Waals surface area contributed by atoms with E-state index >= 15 is 0 Å². The molecule has 0 spiro atoms. The third-order valence-corrected chi connectivity index (χ3v) is 5.62. The molecule has 3 aromatic rings. The predicted molar refractivity (Wildman–Crippen MR) is 127 cm³/mol. The van der Waals surface area contributed by atoms with E-state index in [-0.39, 0.29) is 19.3 Å². The average molecular weight is 470 g/mol. The Morgan fingerprint density at radius 3 is 2.50 bits per heavy atom. The van der Waals surface area contributed by atoms with Crippen LogP contribution in [-0.4, -0.2) is 62.5 Å². The second-order valence-corrected chi connectivity index (χ2v) is 8.20. The van der Waals surface area contributed by atoms with Crippen LogP contribution >= 0.6 is 0 Å². The van der Waals surface area contributed by atoms with Gasteiger partial charge in [0.2, 0.25) is 11.8 Å². The van der Waals surface area contributed by atoms with Crippen LogP contribution < -0.4 is 22.1 Å². The van der Waals surface area contributed by atoms with E-state index in [0.29, 0.717) is 25.1 Å². The number of fused-ring (bicyclic) bond motifs is 1. The minimum atomic E-state index is -1.14. The molecule has 0 aliphatic carbocycles. The molecule has 11 heteroatoms. The van der Waals surface area contributed by atoms with Crippen LogP contribution in [0.1, 0.15) is 30.5 Å². The third-order valence-electron chi connectivity index (χ3n) is 5.62. The number of nitrogens with two attached hydrogens (primary N) is 2. The highest BCUT2D eigenvalue weighted by atomic mass is 16.4. The molecule has 34 heavy (non-hydrogen) atoms. The molecular formula is C23H31N7O4. The number of H-pyrrole nitrogens is 2. The molecule has 182 valence electrons. The highest BCUT2D eigenvalue weighted by molar-refractivity contribution is 5.93. The monoisotopic (exact) mass is 469 g/mol. The fraction of sp³-hybridized carbons (Fsp3) is 0.391. The minimum Gasteiger partial charge on any atom is -0.480 e. The molecule has 0 aliphatic rings. The van der Waals surface area contributed by atoms with Gasteiger partial charge in [-0.15, -0.1) is 0 Å². The average Bonchev–Trinajstić information content (AvgIpc) is 3.48. The normalized spacial score (nSPS) is 13.8. The zero-order valence-corrected chi connectivity index (χ0v) is 18.8. The van der Waals surface area contributed by atoms with Crippen molar-refractivity contribution >= 4 is 28.7 Å². The number of carboxylic acids is 1. The van der Waals surface area contributed by atoms with E-state index in [1.54, 1.807) is 12.4 Å². The Morgan fingerprint density at radius 2 is 1.79 bits per heavy atom. The Labute approximate surface area is 196 Å². The molecule has 0 saturated heterocycles. The van der Waals surface area contributed by atoms with Crippen molar-refractivity contribution < 1.29 is 19.5 Å². The van der Waals surface area contributed by atoms with Crippen molar-refractivity contribution in [2.45, 2.75) is 50.2 Å². The first-order valence-corrected chi connectivity index (χ1v) is 11.2. The van der Waals surface area contributed by atoms with E-state index in [0.717, 1.165) is 16.5 Å². The maximum atomic E-state index is 13.1. The number of rotatable bonds is 13. The summed E-state index contributed by atoms with van der Waals surface area (Å²) in [7, 11) is 0. The summed E-state index contributed by atoms with van der Waals surface area (Å²) in [4.78, 5) is 47.6. The number of hydrogen-bond acceptors (Lipinski definition) is 6. The molecule has 3 unspecified atom stereocenters. The summed E-state index contributed by atoms with van der Waals surface area (Å²) in [6.45, 7) is 0.438. The van der Waals surface area contributed by atoms with Crippen molar-refractivity contribution in [2.24, 2.45) is 11.5 Å². The van der Waals surface area contributed by atoms with E-state index in [4.69, 9.17) is 11.5 Å². The molecule has 0 aliphatic heterocycles. The molecule has 1 aromatic carbocycles. The van der Waals surface area contributed by atoms with Crippen molar-refractivity contribution in [3.8, 4) is 0 Å². The number of unbranched alkanes of at least 4 members (excludes halogenated alkanes) is 1. The van der Waals surface area contributed by atoms with Gasteiger partial charge in [-0.25, -0.2) is 9.78 Å². The van der Waals surface area contributed by atoms with Gasteiger partial charge in [-0.1, -0.05) is 18.2 Å². The SMILES string of the molecule is NCCCCC(NC(=O)C(Cc1c[nH]c2ccccc12)NC(=O)C(N)Cc1cnc[nH]1)C(=O)O. The molecule has 0 saturated carbocycles. The topological polar surface area (TPSA) is 192 Å². The maximum Gasteiger partial charge on any atom is 0.326 e. The lowest BCUT2D eigenvalue weighted by atomic mass is 10.0. The van der Waals surface area contributed by atoms with Crippen molar-refractivity contribution in [1.82, 2.24) is 25.6 Å². The highest BCUT2D eigenvalue weighted by Gasteiger charge is 2.29. The number of aromatic nitrogens is 3. The lowest BCUT2D eigenvalue weighted by molar-refractivity contribution is -0.142. The van der Waals surface area contributed by atoms with Gasteiger partial charge in [0.15, 0.2) is 0 Å². The quantitative estimate of drug-likeness (QED) is 0.174. The van der Waals surface area contributed by atoms with E-state index in [1.165, 1.54) is 6.33 Å². The number of nitrogens with one attached hydrogen (secondary N) is 4. The lowest BCUT2D eigenvalue weighted by Crippen LogP contribution is -2.55. The molecule has 2 aromatic heterocycles. The van der Waals surface area contributed by atoms with Gasteiger partial charge in [0.05, 0.1) is 12.4 Å². The Morgan fingerprint density at radius 1 is 1.03 bits per heavy atom. The number of para-hydroxylation sites is 1. The van der Waals surface area contributed by atoms with E-state index in [1.807, 2.05) is 24.3 Å². The summed E-state index contributed by atoms with van der Waals surface area (Å²) < 4.78 is 0. The van der Waals surface area contributed by atoms with Gasteiger partial charge in [0.25, 0.3) is 0 Å². The van der Waals surface area contributed by atoms with Crippen molar-refractivity contribution in [1.29, 1.82) is 0 Å². The predicted octanol–water partition coefficient (Wildman–Crippen LogP) is 0.187. The Hall–Kier alpha value is -3.70. The number of amides is 2. The number of aliphatic carboxylic acids is 1. The Bertz CT molecular complexity index is 1100. The van der Waals surface area contributed by atoms with Crippen LogP contribution in [0.5, 0.6) is 0 Å². The molecule has 11 nitrogen and oxygen atoms in total. The number of imidazole rings is 1. The number of aromatic amines is 2. The minimum absolute atomic E-state index is 0.160. The molecule has 3 atom stereocenters. The van der Waals surface area contributed by atoms with Gasteiger partial charge in [0, 0.05) is 41.8 Å². The smallest absolute Gasteiger partial charge is 0.326 e. The van der Waals surface area contributed by atoms with Crippen molar-refractivity contribution in [3.05, 3.63) is 54.2 Å². The molecule has 0 radical (unpaired) electrons. The van der Waals surface area contributed by atoms with Crippen LogP contribution in [0, 0.1) is 0 Å². The number of benzene rings is 1. The second kappa shape index (κ2) is 12.0. The van der Waals surface area contributed by atoms with Crippen LogP contribution in [0.25, 0.3) is 10.9 Å². The molecule has 9 N–H and O–H groups in total. The number of hydrogen-bond donors (Lipinski definition) is 7. The van der Waals surface area contributed by atoms with E-state index < -0.39 is 35.9 Å². The standard InChI is InChI=1S/C23H31N7O4/c24-8-4-3-7-19(23(33)34)29-22(32)20(9-14-11-27-18-6-2-1-5-16(14)18)30-21(31)17(25)10-15-12-26-13-28-15/h1-2,5-6,11-13,17,19-20,27H,3-4,7-10,24-25H2,(H,26,28)(H,29,32)(H,30,31)(H,33,34).